The first-order valence-corrected chi connectivity index (χ1v) is 3.73. The molecular formula is C8H9F2NO3. The molecule has 4 nitrogen and oxygen atoms in total. The van der Waals surface area contributed by atoms with Crippen molar-refractivity contribution in [1.82, 2.24) is 4.98 Å². The molecule has 0 amide bonds. The number of hydrogen-bond donors (Lipinski definition) is 1. The lowest BCUT2D eigenvalue weighted by Gasteiger charge is -2.08. The molecule has 0 fully saturated rings. The Morgan fingerprint density at radius 3 is 2.29 bits per heavy atom. The molecule has 1 N–H and O–H groups in total. The summed E-state index contributed by atoms with van der Waals surface area (Å²) in [4.78, 5) is 13.1. The number of ether oxygens (including phenoxy) is 2. The molecule has 14 heavy (non-hydrogen) atoms. The predicted octanol–water partition coefficient (Wildman–Crippen LogP) is 1.33. The second kappa shape index (κ2) is 4.08. The van der Waals surface area contributed by atoms with Gasteiger partial charge in [0.15, 0.2) is 5.75 Å². The maximum Gasteiger partial charge on any atom is 0.290 e. The summed E-state index contributed by atoms with van der Waals surface area (Å²) in [6, 6.07) is 1.13. The lowest BCUT2D eigenvalue weighted by Crippen LogP contribution is -2.13. The minimum Gasteiger partial charge on any atom is -0.495 e. The van der Waals surface area contributed by atoms with Crippen LogP contribution in [-0.4, -0.2) is 19.2 Å². The molecule has 0 spiro atoms. The van der Waals surface area contributed by atoms with Crippen LogP contribution in [0.25, 0.3) is 0 Å². The van der Waals surface area contributed by atoms with Gasteiger partial charge in [-0.05, 0) is 0 Å². The van der Waals surface area contributed by atoms with Gasteiger partial charge in [-0.15, -0.1) is 0 Å². The number of alkyl halides is 2. The number of pyridine rings is 1. The standard InChI is InChI=1S/C8H9F2NO3/c1-13-4-3-5(14-2)8(12)11-6(4)7(9)10/h3,7H,1-2H3,(H,11,12). The number of H-pyrrole nitrogens is 1. The third-order valence-electron chi connectivity index (χ3n) is 1.66. The van der Waals surface area contributed by atoms with Gasteiger partial charge in [0.1, 0.15) is 11.4 Å². The fraction of sp³-hybridized carbons (Fsp3) is 0.375. The van der Waals surface area contributed by atoms with E-state index >= 15 is 0 Å². The SMILES string of the molecule is COc1cc(OC)c(=O)[nH]c1C(F)F. The third kappa shape index (κ3) is 1.84. The van der Waals surface area contributed by atoms with Gasteiger partial charge in [-0.2, -0.15) is 0 Å². The van der Waals surface area contributed by atoms with E-state index in [4.69, 9.17) is 0 Å². The van der Waals surface area contributed by atoms with Crippen molar-refractivity contribution < 1.29 is 18.3 Å². The fourth-order valence-electron chi connectivity index (χ4n) is 0.990. The molecule has 1 rings (SSSR count). The highest BCUT2D eigenvalue weighted by atomic mass is 19.3. The average molecular weight is 205 g/mol. The number of nitrogens with one attached hydrogen (secondary N) is 1. The van der Waals surface area contributed by atoms with Crippen LogP contribution in [0.1, 0.15) is 12.1 Å². The quantitative estimate of drug-likeness (QED) is 0.809. The molecular weight excluding hydrogens is 196 g/mol. The molecule has 0 aromatic carbocycles. The van der Waals surface area contributed by atoms with E-state index in [1.54, 1.807) is 0 Å². The van der Waals surface area contributed by atoms with E-state index in [2.05, 4.69) is 9.47 Å². The smallest absolute Gasteiger partial charge is 0.290 e. The Morgan fingerprint density at radius 1 is 1.29 bits per heavy atom. The van der Waals surface area contributed by atoms with E-state index in [1.807, 2.05) is 4.98 Å². The molecule has 1 aromatic rings. The fourth-order valence-corrected chi connectivity index (χ4v) is 0.990. The summed E-state index contributed by atoms with van der Waals surface area (Å²) >= 11 is 0. The van der Waals surface area contributed by atoms with Crippen LogP contribution < -0.4 is 15.0 Å². The van der Waals surface area contributed by atoms with Gasteiger partial charge in [-0.1, -0.05) is 0 Å². The highest BCUT2D eigenvalue weighted by Gasteiger charge is 2.17. The summed E-state index contributed by atoms with van der Waals surface area (Å²) in [5, 5.41) is 0. The van der Waals surface area contributed by atoms with Crippen molar-refractivity contribution in [3.63, 3.8) is 0 Å². The van der Waals surface area contributed by atoms with Crippen molar-refractivity contribution in [3.05, 3.63) is 22.1 Å². The predicted molar refractivity (Wildman–Crippen MR) is 45.1 cm³/mol. The van der Waals surface area contributed by atoms with Gasteiger partial charge in [-0.3, -0.25) is 4.79 Å². The molecule has 0 unspecified atom stereocenters. The first-order valence-electron chi connectivity index (χ1n) is 3.73. The summed E-state index contributed by atoms with van der Waals surface area (Å²) in [7, 11) is 2.50. The zero-order valence-corrected chi connectivity index (χ0v) is 7.64. The van der Waals surface area contributed by atoms with Crippen LogP contribution in [0.15, 0.2) is 10.9 Å². The van der Waals surface area contributed by atoms with E-state index in [0.29, 0.717) is 0 Å². The molecule has 0 saturated carbocycles. The topological polar surface area (TPSA) is 51.3 Å². The van der Waals surface area contributed by atoms with Crippen LogP contribution in [0.4, 0.5) is 8.78 Å². The Labute approximate surface area is 78.5 Å². The maximum atomic E-state index is 12.3. The highest BCUT2D eigenvalue weighted by molar-refractivity contribution is 5.35. The van der Waals surface area contributed by atoms with E-state index in [-0.39, 0.29) is 11.5 Å². The van der Waals surface area contributed by atoms with Gasteiger partial charge in [0.05, 0.1) is 14.2 Å². The number of aromatic amines is 1. The third-order valence-corrected chi connectivity index (χ3v) is 1.66. The van der Waals surface area contributed by atoms with Crippen LogP contribution in [0.5, 0.6) is 11.5 Å². The van der Waals surface area contributed by atoms with Gasteiger partial charge >= 0.3 is 0 Å². The minimum atomic E-state index is -2.79. The molecule has 0 aliphatic rings. The zero-order chi connectivity index (χ0) is 10.7. The maximum absolute atomic E-state index is 12.3. The summed E-state index contributed by atoms with van der Waals surface area (Å²) in [5.74, 6) is -0.164. The molecule has 0 bridgehead atoms. The molecule has 6 heteroatoms. The molecule has 1 aromatic heterocycles. The molecule has 0 aliphatic carbocycles. The van der Waals surface area contributed by atoms with Gasteiger partial charge in [0, 0.05) is 6.07 Å². The Balaban J connectivity index is 3.32. The zero-order valence-electron chi connectivity index (χ0n) is 7.64. The summed E-state index contributed by atoms with van der Waals surface area (Å²) < 4.78 is 34.0. The van der Waals surface area contributed by atoms with Crippen molar-refractivity contribution >= 4 is 0 Å². The first kappa shape index (κ1) is 10.5. The van der Waals surface area contributed by atoms with Crippen LogP contribution in [0.2, 0.25) is 0 Å². The summed E-state index contributed by atoms with van der Waals surface area (Å²) in [6.07, 6.45) is -2.79. The monoisotopic (exact) mass is 205 g/mol. The lowest BCUT2D eigenvalue weighted by atomic mass is 10.3. The second-order valence-corrected chi connectivity index (χ2v) is 2.45. The highest BCUT2D eigenvalue weighted by Crippen LogP contribution is 2.27. The number of rotatable bonds is 3. The van der Waals surface area contributed by atoms with Crippen LogP contribution in [0, 0.1) is 0 Å². The molecule has 78 valence electrons. The van der Waals surface area contributed by atoms with Crippen molar-refractivity contribution in [2.45, 2.75) is 6.43 Å². The average Bonchev–Trinajstić information content (AvgIpc) is 2.17. The van der Waals surface area contributed by atoms with Crippen LogP contribution in [-0.2, 0) is 0 Å². The second-order valence-electron chi connectivity index (χ2n) is 2.45. The Bertz CT molecular complexity index is 375. The Kier molecular flexibility index (Phi) is 3.06. The molecule has 0 atom stereocenters. The normalized spacial score (nSPS) is 10.4. The van der Waals surface area contributed by atoms with E-state index in [1.165, 1.54) is 14.2 Å². The molecule has 0 radical (unpaired) electrons. The van der Waals surface area contributed by atoms with E-state index in [0.717, 1.165) is 6.07 Å². The van der Waals surface area contributed by atoms with Crippen LogP contribution >= 0.6 is 0 Å². The van der Waals surface area contributed by atoms with Crippen molar-refractivity contribution in [2.24, 2.45) is 0 Å². The van der Waals surface area contributed by atoms with Gasteiger partial charge in [-0.25, -0.2) is 8.78 Å². The minimum absolute atomic E-state index is 0.0637. The van der Waals surface area contributed by atoms with Gasteiger partial charge in [0.25, 0.3) is 12.0 Å². The van der Waals surface area contributed by atoms with Crippen molar-refractivity contribution in [3.8, 4) is 11.5 Å². The Hall–Kier alpha value is -1.59. The van der Waals surface area contributed by atoms with Gasteiger partial charge < -0.3 is 14.5 Å². The van der Waals surface area contributed by atoms with E-state index < -0.39 is 17.7 Å². The van der Waals surface area contributed by atoms with Crippen molar-refractivity contribution in [2.75, 3.05) is 14.2 Å². The molecule has 1 heterocycles. The molecule has 0 aliphatic heterocycles. The lowest BCUT2D eigenvalue weighted by molar-refractivity contribution is 0.141. The first-order chi connectivity index (χ1) is 6.60. The number of halogens is 2. The largest absolute Gasteiger partial charge is 0.495 e. The van der Waals surface area contributed by atoms with Crippen molar-refractivity contribution in [1.29, 1.82) is 0 Å². The number of aromatic nitrogens is 1. The van der Waals surface area contributed by atoms with Gasteiger partial charge in [0.2, 0.25) is 0 Å². The summed E-state index contributed by atoms with van der Waals surface area (Å²) in [6.45, 7) is 0. The number of methoxy groups -OCH3 is 2. The van der Waals surface area contributed by atoms with Crippen LogP contribution in [0.3, 0.4) is 0 Å². The van der Waals surface area contributed by atoms with E-state index in [9.17, 15) is 13.6 Å². The summed E-state index contributed by atoms with van der Waals surface area (Å²) in [5.41, 5.74) is -1.25. The Morgan fingerprint density at radius 2 is 1.86 bits per heavy atom. The number of hydrogen-bond acceptors (Lipinski definition) is 3. The molecule has 0 saturated heterocycles.